The summed E-state index contributed by atoms with van der Waals surface area (Å²) in [5.74, 6) is 0.0238. The van der Waals surface area contributed by atoms with Gasteiger partial charge in [-0.2, -0.15) is 4.98 Å². The molecule has 0 unspecified atom stereocenters. The van der Waals surface area contributed by atoms with Crippen LogP contribution in [0, 0.1) is 0 Å². The molecule has 30 heavy (non-hydrogen) atoms. The summed E-state index contributed by atoms with van der Waals surface area (Å²) < 4.78 is 11.1. The highest BCUT2D eigenvalue weighted by atomic mass is 16.5. The molecule has 0 N–H and O–H groups in total. The SMILES string of the molecule is CCOC(=O)Cn1c(-c2ccccc2)c(CC)n2c3c(=O)n(C)c(=O)n(C)c3nc12. The van der Waals surface area contributed by atoms with Crippen LogP contribution in [0.2, 0.25) is 0 Å². The first-order valence-corrected chi connectivity index (χ1v) is 9.81. The molecule has 1 aromatic carbocycles. The van der Waals surface area contributed by atoms with Crippen LogP contribution in [0.4, 0.5) is 0 Å². The van der Waals surface area contributed by atoms with Crippen molar-refractivity contribution in [3.05, 3.63) is 56.9 Å². The summed E-state index contributed by atoms with van der Waals surface area (Å²) in [6, 6.07) is 9.65. The van der Waals surface area contributed by atoms with E-state index in [2.05, 4.69) is 4.98 Å². The molecule has 0 saturated carbocycles. The van der Waals surface area contributed by atoms with Gasteiger partial charge in [-0.1, -0.05) is 37.3 Å². The lowest BCUT2D eigenvalue weighted by Gasteiger charge is -2.10. The van der Waals surface area contributed by atoms with Crippen molar-refractivity contribution in [3.8, 4) is 11.3 Å². The van der Waals surface area contributed by atoms with E-state index in [1.54, 1.807) is 22.9 Å². The van der Waals surface area contributed by atoms with Gasteiger partial charge in [0, 0.05) is 19.7 Å². The van der Waals surface area contributed by atoms with Crippen molar-refractivity contribution < 1.29 is 9.53 Å². The maximum atomic E-state index is 13.0. The molecular weight excluding hydrogens is 386 g/mol. The number of carbonyl (C=O) groups is 1. The third-order valence-electron chi connectivity index (χ3n) is 5.27. The summed E-state index contributed by atoms with van der Waals surface area (Å²) in [4.78, 5) is 42.4. The minimum Gasteiger partial charge on any atom is -0.465 e. The third-order valence-corrected chi connectivity index (χ3v) is 5.27. The molecule has 0 fully saturated rings. The Morgan fingerprint density at radius 1 is 1.07 bits per heavy atom. The second-order valence-electron chi connectivity index (χ2n) is 7.03. The number of aromatic nitrogens is 5. The number of esters is 1. The highest BCUT2D eigenvalue weighted by molar-refractivity contribution is 5.81. The third kappa shape index (κ3) is 2.77. The molecular formula is C21H23N5O4. The van der Waals surface area contributed by atoms with Crippen molar-refractivity contribution in [1.29, 1.82) is 0 Å². The predicted octanol–water partition coefficient (Wildman–Crippen LogP) is 1.48. The topological polar surface area (TPSA) is 92.5 Å². The summed E-state index contributed by atoms with van der Waals surface area (Å²) in [6.45, 7) is 3.94. The van der Waals surface area contributed by atoms with Gasteiger partial charge in [0.25, 0.3) is 5.56 Å². The Hall–Kier alpha value is -3.62. The van der Waals surface area contributed by atoms with Gasteiger partial charge in [-0.15, -0.1) is 0 Å². The van der Waals surface area contributed by atoms with Gasteiger partial charge >= 0.3 is 11.7 Å². The number of benzene rings is 1. The molecule has 3 heterocycles. The minimum atomic E-state index is -0.452. The molecule has 0 bridgehead atoms. The highest BCUT2D eigenvalue weighted by Gasteiger charge is 2.26. The molecule has 0 aliphatic carbocycles. The molecule has 4 rings (SSSR count). The van der Waals surface area contributed by atoms with E-state index in [-0.39, 0.29) is 18.8 Å². The Morgan fingerprint density at radius 3 is 2.40 bits per heavy atom. The van der Waals surface area contributed by atoms with Gasteiger partial charge in [0.1, 0.15) is 6.54 Å². The van der Waals surface area contributed by atoms with Crippen LogP contribution in [0.15, 0.2) is 39.9 Å². The fraction of sp³-hybridized carbons (Fsp3) is 0.333. The van der Waals surface area contributed by atoms with Crippen LogP contribution >= 0.6 is 0 Å². The molecule has 0 aliphatic rings. The van der Waals surface area contributed by atoms with Crippen LogP contribution in [0.3, 0.4) is 0 Å². The lowest BCUT2D eigenvalue weighted by molar-refractivity contribution is -0.143. The number of aryl methyl sites for hydroxylation is 2. The van der Waals surface area contributed by atoms with Gasteiger partial charge < -0.3 is 4.74 Å². The summed E-state index contributed by atoms with van der Waals surface area (Å²) in [7, 11) is 3.03. The molecule has 0 radical (unpaired) electrons. The maximum Gasteiger partial charge on any atom is 0.332 e. The Kier molecular flexibility index (Phi) is 4.81. The van der Waals surface area contributed by atoms with Crippen LogP contribution < -0.4 is 11.2 Å². The quantitative estimate of drug-likeness (QED) is 0.466. The van der Waals surface area contributed by atoms with E-state index in [1.165, 1.54) is 11.6 Å². The van der Waals surface area contributed by atoms with Crippen LogP contribution in [-0.4, -0.2) is 35.7 Å². The molecule has 0 spiro atoms. The molecule has 0 atom stereocenters. The Balaban J connectivity index is 2.19. The van der Waals surface area contributed by atoms with E-state index < -0.39 is 17.2 Å². The zero-order chi connectivity index (χ0) is 21.6. The zero-order valence-corrected chi connectivity index (χ0v) is 17.4. The van der Waals surface area contributed by atoms with Crippen LogP contribution in [0.1, 0.15) is 19.5 Å². The lowest BCUT2D eigenvalue weighted by Crippen LogP contribution is -2.37. The number of carbonyl (C=O) groups excluding carboxylic acids is 1. The van der Waals surface area contributed by atoms with E-state index in [0.29, 0.717) is 17.7 Å². The summed E-state index contributed by atoms with van der Waals surface area (Å²) in [5.41, 5.74) is 2.25. The standard InChI is InChI=1S/C21H23N5O4/c1-5-14-16(13-10-8-7-9-11-13)25(12-15(27)30-6-2)20-22-18-17(26(14)20)19(28)24(4)21(29)23(18)3/h7-11H,5-6,12H2,1-4H3. The van der Waals surface area contributed by atoms with Gasteiger partial charge in [0.15, 0.2) is 11.2 Å². The average molecular weight is 409 g/mol. The fourth-order valence-corrected chi connectivity index (χ4v) is 3.91. The Morgan fingerprint density at radius 2 is 1.77 bits per heavy atom. The van der Waals surface area contributed by atoms with Gasteiger partial charge in [-0.3, -0.25) is 27.7 Å². The second-order valence-corrected chi connectivity index (χ2v) is 7.03. The lowest BCUT2D eigenvalue weighted by atomic mass is 10.1. The Labute approximate surface area is 171 Å². The first-order valence-electron chi connectivity index (χ1n) is 9.81. The molecule has 156 valence electrons. The zero-order valence-electron chi connectivity index (χ0n) is 17.4. The van der Waals surface area contributed by atoms with E-state index in [1.807, 2.05) is 37.3 Å². The summed E-state index contributed by atoms with van der Waals surface area (Å²) >= 11 is 0. The summed E-state index contributed by atoms with van der Waals surface area (Å²) in [5, 5.41) is 0. The van der Waals surface area contributed by atoms with Crippen LogP contribution in [0.5, 0.6) is 0 Å². The molecule has 4 aromatic rings. The van der Waals surface area contributed by atoms with Crippen molar-refractivity contribution in [3.63, 3.8) is 0 Å². The number of hydrogen-bond donors (Lipinski definition) is 0. The molecule has 9 nitrogen and oxygen atoms in total. The smallest absolute Gasteiger partial charge is 0.332 e. The van der Waals surface area contributed by atoms with Crippen molar-refractivity contribution in [2.75, 3.05) is 6.61 Å². The van der Waals surface area contributed by atoms with Gasteiger partial charge in [0.2, 0.25) is 5.78 Å². The number of ether oxygens (including phenoxy) is 1. The number of nitrogens with zero attached hydrogens (tertiary/aromatic N) is 5. The van der Waals surface area contributed by atoms with Crippen LogP contribution in [-0.2, 0) is 36.6 Å². The van der Waals surface area contributed by atoms with Crippen molar-refractivity contribution in [2.24, 2.45) is 14.1 Å². The second kappa shape index (κ2) is 7.33. The molecule has 0 aliphatic heterocycles. The van der Waals surface area contributed by atoms with Crippen molar-refractivity contribution in [2.45, 2.75) is 26.8 Å². The average Bonchev–Trinajstić information content (AvgIpc) is 3.27. The molecule has 3 aromatic heterocycles. The number of fused-ring (bicyclic) bond motifs is 3. The van der Waals surface area contributed by atoms with Crippen molar-refractivity contribution >= 4 is 22.9 Å². The number of hydrogen-bond acceptors (Lipinski definition) is 5. The minimum absolute atomic E-state index is 0.0564. The first-order chi connectivity index (χ1) is 14.4. The maximum absolute atomic E-state index is 13.0. The first kappa shape index (κ1) is 19.7. The molecule has 9 heteroatoms. The van der Waals surface area contributed by atoms with E-state index >= 15 is 0 Å². The van der Waals surface area contributed by atoms with E-state index in [0.717, 1.165) is 21.5 Å². The summed E-state index contributed by atoms with van der Waals surface area (Å²) in [6.07, 6.45) is 0.591. The van der Waals surface area contributed by atoms with Crippen LogP contribution in [0.25, 0.3) is 28.2 Å². The highest BCUT2D eigenvalue weighted by Crippen LogP contribution is 2.30. The molecule has 0 saturated heterocycles. The monoisotopic (exact) mass is 409 g/mol. The van der Waals surface area contributed by atoms with Crippen molar-refractivity contribution in [1.82, 2.24) is 23.1 Å². The number of rotatable bonds is 5. The fourth-order valence-electron chi connectivity index (χ4n) is 3.91. The van der Waals surface area contributed by atoms with E-state index in [9.17, 15) is 14.4 Å². The number of imidazole rings is 2. The van der Waals surface area contributed by atoms with Gasteiger partial charge in [-0.25, -0.2) is 4.79 Å². The predicted molar refractivity (Wildman–Crippen MR) is 113 cm³/mol. The Bertz CT molecular complexity index is 1390. The van der Waals surface area contributed by atoms with Gasteiger partial charge in [-0.05, 0) is 13.3 Å². The molecule has 0 amide bonds. The largest absolute Gasteiger partial charge is 0.465 e. The van der Waals surface area contributed by atoms with E-state index in [4.69, 9.17) is 4.74 Å². The van der Waals surface area contributed by atoms with Gasteiger partial charge in [0.05, 0.1) is 18.0 Å². The normalized spacial score (nSPS) is 11.5.